The van der Waals surface area contributed by atoms with E-state index in [1.165, 1.54) is 18.2 Å². The molecule has 5 heteroatoms. The van der Waals surface area contributed by atoms with Crippen LogP contribution in [0.5, 0.6) is 5.75 Å². The van der Waals surface area contributed by atoms with E-state index in [-0.39, 0.29) is 11.4 Å². The van der Waals surface area contributed by atoms with E-state index in [9.17, 15) is 15.2 Å². The van der Waals surface area contributed by atoms with Gasteiger partial charge in [0.05, 0.1) is 10.5 Å². The molecule has 1 aromatic rings. The monoisotopic (exact) mass is 222 g/mol. The van der Waals surface area contributed by atoms with Crippen molar-refractivity contribution in [2.45, 2.75) is 31.2 Å². The number of rotatable bonds is 2. The second-order valence-corrected chi connectivity index (χ2v) is 4.32. The highest BCUT2D eigenvalue weighted by molar-refractivity contribution is 5.49. The number of aromatic hydroxyl groups is 1. The van der Waals surface area contributed by atoms with Crippen molar-refractivity contribution in [2.75, 3.05) is 0 Å². The second-order valence-electron chi connectivity index (χ2n) is 4.32. The molecule has 0 unspecified atom stereocenters. The van der Waals surface area contributed by atoms with Crippen LogP contribution in [0.4, 0.5) is 5.69 Å². The number of benzene rings is 1. The third kappa shape index (κ3) is 1.74. The molecule has 0 heterocycles. The first kappa shape index (κ1) is 10.9. The Labute approximate surface area is 93.0 Å². The Morgan fingerprint density at radius 2 is 2.00 bits per heavy atom. The topological polar surface area (TPSA) is 89.4 Å². The predicted octanol–water partition coefficient (Wildman–Crippen LogP) is 2.03. The van der Waals surface area contributed by atoms with Crippen LogP contribution in [0.15, 0.2) is 18.2 Å². The molecule has 86 valence electrons. The van der Waals surface area contributed by atoms with Gasteiger partial charge in [0.1, 0.15) is 5.75 Å². The molecule has 0 radical (unpaired) electrons. The molecule has 1 saturated carbocycles. The molecule has 3 N–H and O–H groups in total. The van der Waals surface area contributed by atoms with Crippen LogP contribution < -0.4 is 5.73 Å². The van der Waals surface area contributed by atoms with Gasteiger partial charge in [-0.15, -0.1) is 0 Å². The van der Waals surface area contributed by atoms with Crippen molar-refractivity contribution in [3.05, 3.63) is 33.9 Å². The number of hydrogen-bond donors (Lipinski definition) is 2. The zero-order chi connectivity index (χ0) is 11.8. The number of hydrogen-bond acceptors (Lipinski definition) is 4. The van der Waals surface area contributed by atoms with Crippen molar-refractivity contribution in [3.63, 3.8) is 0 Å². The van der Waals surface area contributed by atoms with Crippen LogP contribution in [0, 0.1) is 10.1 Å². The zero-order valence-corrected chi connectivity index (χ0v) is 8.85. The van der Waals surface area contributed by atoms with E-state index in [4.69, 9.17) is 5.73 Å². The molecule has 0 saturated heterocycles. The maximum Gasteiger partial charge on any atom is 0.274 e. The highest BCUT2D eigenvalue weighted by Gasteiger charge is 2.36. The molecule has 0 atom stereocenters. The van der Waals surface area contributed by atoms with Gasteiger partial charge in [0.2, 0.25) is 0 Å². The van der Waals surface area contributed by atoms with E-state index in [1.54, 1.807) is 0 Å². The lowest BCUT2D eigenvalue weighted by atomic mass is 9.88. The summed E-state index contributed by atoms with van der Waals surface area (Å²) in [6, 6.07) is 4.06. The molecule has 0 aromatic heterocycles. The molecular formula is C11H14N2O3. The average Bonchev–Trinajstić information content (AvgIpc) is 2.66. The summed E-state index contributed by atoms with van der Waals surface area (Å²) in [5.41, 5.74) is 5.98. The van der Waals surface area contributed by atoms with Crippen LogP contribution in [0.3, 0.4) is 0 Å². The van der Waals surface area contributed by atoms with Gasteiger partial charge in [0, 0.05) is 11.6 Å². The van der Waals surface area contributed by atoms with Crippen LogP contribution in [0.1, 0.15) is 31.2 Å². The molecule has 1 aliphatic rings. The third-order valence-electron chi connectivity index (χ3n) is 3.21. The molecule has 2 rings (SSSR count). The summed E-state index contributed by atoms with van der Waals surface area (Å²) in [5.74, 6) is 0.0253. The Balaban J connectivity index is 2.52. The molecule has 5 nitrogen and oxygen atoms in total. The summed E-state index contributed by atoms with van der Waals surface area (Å²) in [6.07, 6.45) is 3.42. The van der Waals surface area contributed by atoms with Gasteiger partial charge in [0.25, 0.3) is 5.69 Å². The number of nitro groups is 1. The lowest BCUT2D eigenvalue weighted by Crippen LogP contribution is -2.33. The molecule has 0 aliphatic heterocycles. The van der Waals surface area contributed by atoms with Gasteiger partial charge in [-0.25, -0.2) is 0 Å². The molecule has 1 aliphatic carbocycles. The summed E-state index contributed by atoms with van der Waals surface area (Å²) in [7, 11) is 0. The normalized spacial score (nSPS) is 18.6. The predicted molar refractivity (Wildman–Crippen MR) is 59.1 cm³/mol. The average molecular weight is 222 g/mol. The van der Waals surface area contributed by atoms with Gasteiger partial charge in [-0.1, -0.05) is 12.8 Å². The fourth-order valence-corrected chi connectivity index (χ4v) is 2.36. The number of nitrogens with zero attached hydrogens (tertiary/aromatic N) is 1. The minimum atomic E-state index is -0.652. The van der Waals surface area contributed by atoms with Crippen LogP contribution in [-0.4, -0.2) is 10.0 Å². The maximum absolute atomic E-state index is 10.9. The largest absolute Gasteiger partial charge is 0.508 e. The first-order chi connectivity index (χ1) is 7.53. The SMILES string of the molecule is NC1(c2cc(O)ccc2[N+](=O)[O-])CCCC1. The molecule has 0 spiro atoms. The minimum absolute atomic E-state index is 0.00204. The number of phenols is 1. The van der Waals surface area contributed by atoms with Gasteiger partial charge < -0.3 is 10.8 Å². The summed E-state index contributed by atoms with van der Waals surface area (Å²) >= 11 is 0. The Kier molecular flexibility index (Phi) is 2.55. The fraction of sp³-hybridized carbons (Fsp3) is 0.455. The van der Waals surface area contributed by atoms with E-state index in [2.05, 4.69) is 0 Å². The highest BCUT2D eigenvalue weighted by atomic mass is 16.6. The maximum atomic E-state index is 10.9. The van der Waals surface area contributed by atoms with Gasteiger partial charge in [-0.05, 0) is 25.0 Å². The number of phenolic OH excluding ortho intramolecular Hbond substituents is 1. The third-order valence-corrected chi connectivity index (χ3v) is 3.21. The molecule has 16 heavy (non-hydrogen) atoms. The summed E-state index contributed by atoms with van der Waals surface area (Å²) < 4.78 is 0. The van der Waals surface area contributed by atoms with Crippen molar-refractivity contribution in [2.24, 2.45) is 5.73 Å². The van der Waals surface area contributed by atoms with Crippen LogP contribution >= 0.6 is 0 Å². The Bertz CT molecular complexity index is 425. The lowest BCUT2D eigenvalue weighted by Gasteiger charge is -2.23. The lowest BCUT2D eigenvalue weighted by molar-refractivity contribution is -0.386. The fourth-order valence-electron chi connectivity index (χ4n) is 2.36. The van der Waals surface area contributed by atoms with E-state index in [0.717, 1.165) is 25.7 Å². The van der Waals surface area contributed by atoms with Crippen LogP contribution in [0.25, 0.3) is 0 Å². The molecule has 1 fully saturated rings. The molecular weight excluding hydrogens is 208 g/mol. The number of nitro benzene ring substituents is 1. The Morgan fingerprint density at radius 1 is 1.38 bits per heavy atom. The molecule has 0 amide bonds. The standard InChI is InChI=1S/C11H14N2O3/c12-11(5-1-2-6-11)9-7-8(14)3-4-10(9)13(15)16/h3-4,7,14H,1-2,5-6,12H2. The van der Waals surface area contributed by atoms with Crippen molar-refractivity contribution in [1.82, 2.24) is 0 Å². The van der Waals surface area contributed by atoms with E-state index >= 15 is 0 Å². The van der Waals surface area contributed by atoms with E-state index in [0.29, 0.717) is 5.56 Å². The second kappa shape index (κ2) is 3.75. The van der Waals surface area contributed by atoms with Gasteiger partial charge in [-0.2, -0.15) is 0 Å². The smallest absolute Gasteiger partial charge is 0.274 e. The highest BCUT2D eigenvalue weighted by Crippen LogP contribution is 2.41. The van der Waals surface area contributed by atoms with Crippen molar-refractivity contribution >= 4 is 5.69 Å². The number of nitrogens with two attached hydrogens (primary N) is 1. The minimum Gasteiger partial charge on any atom is -0.508 e. The van der Waals surface area contributed by atoms with Crippen LogP contribution in [0.2, 0.25) is 0 Å². The first-order valence-electron chi connectivity index (χ1n) is 5.30. The summed E-state index contributed by atoms with van der Waals surface area (Å²) in [6.45, 7) is 0. The first-order valence-corrected chi connectivity index (χ1v) is 5.30. The molecule has 1 aromatic carbocycles. The van der Waals surface area contributed by atoms with Crippen molar-refractivity contribution in [1.29, 1.82) is 0 Å². The van der Waals surface area contributed by atoms with E-state index in [1.807, 2.05) is 0 Å². The molecule has 0 bridgehead atoms. The summed E-state index contributed by atoms with van der Waals surface area (Å²) in [4.78, 5) is 10.5. The van der Waals surface area contributed by atoms with Crippen LogP contribution in [-0.2, 0) is 5.54 Å². The Morgan fingerprint density at radius 3 is 2.56 bits per heavy atom. The Hall–Kier alpha value is -1.62. The van der Waals surface area contributed by atoms with Gasteiger partial charge >= 0.3 is 0 Å². The zero-order valence-electron chi connectivity index (χ0n) is 8.85. The van der Waals surface area contributed by atoms with Crippen molar-refractivity contribution < 1.29 is 10.0 Å². The van der Waals surface area contributed by atoms with Gasteiger partial charge in [-0.3, -0.25) is 10.1 Å². The summed E-state index contributed by atoms with van der Waals surface area (Å²) in [5, 5.41) is 20.3. The quantitative estimate of drug-likeness (QED) is 0.591. The van der Waals surface area contributed by atoms with Gasteiger partial charge in [0.15, 0.2) is 0 Å². The van der Waals surface area contributed by atoms with Crippen molar-refractivity contribution in [3.8, 4) is 5.75 Å². The van der Waals surface area contributed by atoms with E-state index < -0.39 is 10.5 Å².